The quantitative estimate of drug-likeness (QED) is 0.238. The highest BCUT2D eigenvalue weighted by molar-refractivity contribution is 5.81. The molecule has 6 nitrogen and oxygen atoms in total. The third kappa shape index (κ3) is 2.67. The highest BCUT2D eigenvalue weighted by Gasteiger charge is 2.26. The number of benzene rings is 1. The van der Waals surface area contributed by atoms with Crippen molar-refractivity contribution >= 4 is 16.7 Å². The van der Waals surface area contributed by atoms with Gasteiger partial charge in [-0.2, -0.15) is 0 Å². The van der Waals surface area contributed by atoms with Crippen LogP contribution in [0.4, 0.5) is 23.2 Å². The highest BCUT2D eigenvalue weighted by Crippen LogP contribution is 2.31. The Kier molecular flexibility index (Phi) is 4.14. The Labute approximate surface area is 160 Å². The van der Waals surface area contributed by atoms with Gasteiger partial charge in [0.25, 0.3) is 0 Å². The van der Waals surface area contributed by atoms with Gasteiger partial charge in [0.2, 0.25) is 0 Å². The zero-order valence-electron chi connectivity index (χ0n) is 15.1. The standard InChI is InChI=1S/C19H12F4N4O2/c1-7-12(8(2)29-26-7)10-4-3-9-11(28)5-6-27(19(9)25-10)18-15(22)13(20)14(21)17(24)16(18)23/h3-6H,24H2,1-2H3. The molecular weight excluding hydrogens is 392 g/mol. The average molecular weight is 404 g/mol. The molecule has 0 radical (unpaired) electrons. The Morgan fingerprint density at radius 1 is 1.00 bits per heavy atom. The van der Waals surface area contributed by atoms with Crippen LogP contribution in [0.25, 0.3) is 28.0 Å². The van der Waals surface area contributed by atoms with Gasteiger partial charge >= 0.3 is 0 Å². The van der Waals surface area contributed by atoms with Gasteiger partial charge in [-0.1, -0.05) is 5.16 Å². The van der Waals surface area contributed by atoms with Crippen LogP contribution in [0.1, 0.15) is 11.5 Å². The van der Waals surface area contributed by atoms with Crippen molar-refractivity contribution in [3.63, 3.8) is 0 Å². The second kappa shape index (κ2) is 6.43. The molecule has 0 aliphatic heterocycles. The molecule has 0 aliphatic carbocycles. The molecule has 1 aromatic carbocycles. The van der Waals surface area contributed by atoms with Crippen LogP contribution in [0.15, 0.2) is 33.7 Å². The second-order valence-corrected chi connectivity index (χ2v) is 6.34. The fourth-order valence-corrected chi connectivity index (χ4v) is 3.15. The van der Waals surface area contributed by atoms with E-state index in [-0.39, 0.29) is 11.0 Å². The minimum absolute atomic E-state index is 0.00474. The molecule has 0 bridgehead atoms. The smallest absolute Gasteiger partial charge is 0.198 e. The lowest BCUT2D eigenvalue weighted by atomic mass is 10.1. The molecule has 2 N–H and O–H groups in total. The van der Waals surface area contributed by atoms with Crippen LogP contribution < -0.4 is 11.2 Å². The lowest BCUT2D eigenvalue weighted by Gasteiger charge is -2.15. The van der Waals surface area contributed by atoms with E-state index >= 15 is 0 Å². The predicted molar refractivity (Wildman–Crippen MR) is 96.6 cm³/mol. The molecule has 0 fully saturated rings. The van der Waals surface area contributed by atoms with Crippen LogP contribution in [0, 0.1) is 37.1 Å². The monoisotopic (exact) mass is 404 g/mol. The summed E-state index contributed by atoms with van der Waals surface area (Å²) in [6.45, 7) is 3.32. The molecule has 0 unspecified atom stereocenters. The van der Waals surface area contributed by atoms with Gasteiger partial charge in [-0.3, -0.25) is 9.36 Å². The maximum absolute atomic E-state index is 14.6. The lowest BCUT2D eigenvalue weighted by Crippen LogP contribution is -2.14. The summed E-state index contributed by atoms with van der Waals surface area (Å²) in [5, 5.41) is 3.83. The van der Waals surface area contributed by atoms with Crippen LogP contribution in [0.2, 0.25) is 0 Å². The summed E-state index contributed by atoms with van der Waals surface area (Å²) in [6.07, 6.45) is 1.01. The summed E-state index contributed by atoms with van der Waals surface area (Å²) in [6, 6.07) is 3.95. The molecule has 148 valence electrons. The SMILES string of the molecule is Cc1noc(C)c1-c1ccc2c(=O)ccn(-c3c(F)c(N)c(F)c(F)c3F)c2n1. The number of hydrogen-bond acceptors (Lipinski definition) is 5. The summed E-state index contributed by atoms with van der Waals surface area (Å²) in [5.41, 5.74) is 3.74. The van der Waals surface area contributed by atoms with Crippen molar-refractivity contribution in [2.24, 2.45) is 0 Å². The van der Waals surface area contributed by atoms with E-state index in [1.807, 2.05) is 0 Å². The van der Waals surface area contributed by atoms with Crippen LogP contribution >= 0.6 is 0 Å². The molecule has 3 heterocycles. The van der Waals surface area contributed by atoms with E-state index in [0.717, 1.165) is 16.8 Å². The number of fused-ring (bicyclic) bond motifs is 1. The van der Waals surface area contributed by atoms with Gasteiger partial charge in [0.05, 0.1) is 22.3 Å². The van der Waals surface area contributed by atoms with Gasteiger partial charge < -0.3 is 10.3 Å². The molecule has 0 saturated carbocycles. The molecule has 0 saturated heterocycles. The fourth-order valence-electron chi connectivity index (χ4n) is 3.15. The topological polar surface area (TPSA) is 86.9 Å². The van der Waals surface area contributed by atoms with E-state index in [4.69, 9.17) is 10.3 Å². The summed E-state index contributed by atoms with van der Waals surface area (Å²) in [5.74, 6) is -6.65. The van der Waals surface area contributed by atoms with E-state index in [9.17, 15) is 22.4 Å². The van der Waals surface area contributed by atoms with E-state index in [2.05, 4.69) is 10.1 Å². The number of nitrogens with zero attached hydrogens (tertiary/aromatic N) is 3. The number of rotatable bonds is 2. The lowest BCUT2D eigenvalue weighted by molar-refractivity contribution is 0.393. The number of hydrogen-bond donors (Lipinski definition) is 1. The molecule has 3 aromatic heterocycles. The third-order valence-corrected chi connectivity index (χ3v) is 4.55. The summed E-state index contributed by atoms with van der Waals surface area (Å²) in [7, 11) is 0. The number of pyridine rings is 2. The van der Waals surface area contributed by atoms with Crippen molar-refractivity contribution in [3.8, 4) is 16.9 Å². The largest absolute Gasteiger partial charge is 0.394 e. The Balaban J connectivity index is 2.11. The van der Waals surface area contributed by atoms with Crippen LogP contribution in [-0.4, -0.2) is 14.7 Å². The Bertz CT molecular complexity index is 1310. The van der Waals surface area contributed by atoms with E-state index in [1.165, 1.54) is 12.1 Å². The minimum Gasteiger partial charge on any atom is -0.394 e. The Hall–Kier alpha value is -3.69. The van der Waals surface area contributed by atoms with Crippen molar-refractivity contribution in [2.45, 2.75) is 13.8 Å². The first-order valence-electron chi connectivity index (χ1n) is 8.29. The van der Waals surface area contributed by atoms with Crippen molar-refractivity contribution < 1.29 is 22.1 Å². The first-order valence-corrected chi connectivity index (χ1v) is 8.29. The Morgan fingerprint density at radius 3 is 2.38 bits per heavy atom. The van der Waals surface area contributed by atoms with Crippen molar-refractivity contribution in [3.05, 3.63) is 69.3 Å². The molecular formula is C19H12F4N4O2. The first-order chi connectivity index (χ1) is 13.7. The van der Waals surface area contributed by atoms with Crippen LogP contribution in [-0.2, 0) is 0 Å². The van der Waals surface area contributed by atoms with Gasteiger partial charge in [0.1, 0.15) is 22.8 Å². The molecule has 0 amide bonds. The second-order valence-electron chi connectivity index (χ2n) is 6.34. The van der Waals surface area contributed by atoms with Crippen molar-refractivity contribution in [2.75, 3.05) is 5.73 Å². The number of aromatic nitrogens is 3. The molecule has 0 spiro atoms. The van der Waals surface area contributed by atoms with Gasteiger partial charge in [-0.05, 0) is 26.0 Å². The minimum atomic E-state index is -1.94. The Morgan fingerprint density at radius 2 is 1.72 bits per heavy atom. The fraction of sp³-hybridized carbons (Fsp3) is 0.105. The number of halogens is 4. The zero-order valence-corrected chi connectivity index (χ0v) is 15.1. The summed E-state index contributed by atoms with van der Waals surface area (Å²) < 4.78 is 62.4. The van der Waals surface area contributed by atoms with E-state index in [1.54, 1.807) is 13.8 Å². The van der Waals surface area contributed by atoms with Gasteiger partial charge in [0, 0.05) is 12.3 Å². The molecule has 10 heteroatoms. The van der Waals surface area contributed by atoms with Crippen molar-refractivity contribution in [1.29, 1.82) is 0 Å². The van der Waals surface area contributed by atoms with Gasteiger partial charge in [-0.25, -0.2) is 22.5 Å². The van der Waals surface area contributed by atoms with Crippen molar-refractivity contribution in [1.82, 2.24) is 14.7 Å². The number of nitrogen functional groups attached to an aromatic ring is 1. The molecule has 4 aromatic rings. The average Bonchev–Trinajstić information content (AvgIpc) is 3.04. The van der Waals surface area contributed by atoms with E-state index < -0.39 is 40.1 Å². The van der Waals surface area contributed by atoms with Gasteiger partial charge in [0.15, 0.2) is 28.7 Å². The molecule has 0 atom stereocenters. The maximum atomic E-state index is 14.6. The van der Waals surface area contributed by atoms with E-state index in [0.29, 0.717) is 22.7 Å². The van der Waals surface area contributed by atoms with Gasteiger partial charge in [-0.15, -0.1) is 0 Å². The number of nitrogens with two attached hydrogens (primary N) is 1. The van der Waals surface area contributed by atoms with Crippen LogP contribution in [0.5, 0.6) is 0 Å². The highest BCUT2D eigenvalue weighted by atomic mass is 19.2. The number of anilines is 1. The predicted octanol–water partition coefficient (Wildman–Crippen LogP) is 3.80. The molecule has 0 aliphatic rings. The first kappa shape index (κ1) is 18.7. The van der Waals surface area contributed by atoms with Crippen LogP contribution in [0.3, 0.4) is 0 Å². The summed E-state index contributed by atoms with van der Waals surface area (Å²) in [4.78, 5) is 16.5. The number of aryl methyl sites for hydroxylation is 2. The normalized spacial score (nSPS) is 11.4. The summed E-state index contributed by atoms with van der Waals surface area (Å²) >= 11 is 0. The molecule has 4 rings (SSSR count). The zero-order chi connectivity index (χ0) is 21.0. The molecule has 29 heavy (non-hydrogen) atoms. The third-order valence-electron chi connectivity index (χ3n) is 4.55. The maximum Gasteiger partial charge on any atom is 0.198 e.